The van der Waals surface area contributed by atoms with Crippen LogP contribution in [-0.4, -0.2) is 28.3 Å². The number of nitrogens with zero attached hydrogens (tertiary/aromatic N) is 2. The van der Waals surface area contributed by atoms with Gasteiger partial charge >= 0.3 is 5.97 Å². The molecular weight excluding hydrogens is 464 g/mol. The largest absolute Gasteiger partial charge is 0.505 e. The number of phenols is 1. The SMILES string of the molecule is O=C(O)c1cccc(-c2cccc(N=CC3C(=O)N(C4=Cc5ccccc5C4)c4ccccc43)c2O)c1. The Morgan fingerprint density at radius 3 is 2.57 bits per heavy atom. The minimum absolute atomic E-state index is 0.0779. The molecule has 1 aliphatic heterocycles. The Bertz CT molecular complexity index is 1640. The molecule has 6 rings (SSSR count). The van der Waals surface area contributed by atoms with E-state index in [0.717, 1.165) is 22.5 Å². The van der Waals surface area contributed by atoms with Gasteiger partial charge in [0.15, 0.2) is 0 Å². The quantitative estimate of drug-likeness (QED) is 0.329. The van der Waals surface area contributed by atoms with E-state index in [1.54, 1.807) is 41.4 Å². The zero-order valence-corrected chi connectivity index (χ0v) is 19.7. The minimum atomic E-state index is -1.04. The van der Waals surface area contributed by atoms with Crippen LogP contribution in [0.3, 0.4) is 0 Å². The third-order valence-corrected chi connectivity index (χ3v) is 6.83. The van der Waals surface area contributed by atoms with Gasteiger partial charge in [0, 0.05) is 23.9 Å². The molecule has 6 nitrogen and oxygen atoms in total. The molecule has 37 heavy (non-hydrogen) atoms. The fourth-order valence-corrected chi connectivity index (χ4v) is 5.03. The molecule has 0 radical (unpaired) electrons. The lowest BCUT2D eigenvalue weighted by molar-refractivity contribution is -0.117. The average molecular weight is 487 g/mol. The zero-order valence-electron chi connectivity index (χ0n) is 19.7. The van der Waals surface area contributed by atoms with E-state index in [1.807, 2.05) is 36.4 Å². The van der Waals surface area contributed by atoms with E-state index in [9.17, 15) is 19.8 Å². The maximum atomic E-state index is 13.7. The molecule has 2 N–H and O–H groups in total. The van der Waals surface area contributed by atoms with Gasteiger partial charge in [-0.1, -0.05) is 66.7 Å². The summed E-state index contributed by atoms with van der Waals surface area (Å²) < 4.78 is 0. The number of aromatic carboxylic acids is 1. The normalized spacial score (nSPS) is 16.1. The Kier molecular flexibility index (Phi) is 5.42. The second kappa shape index (κ2) is 8.91. The van der Waals surface area contributed by atoms with Gasteiger partial charge in [-0.2, -0.15) is 0 Å². The summed E-state index contributed by atoms with van der Waals surface area (Å²) in [5, 5.41) is 20.3. The highest BCUT2D eigenvalue weighted by molar-refractivity contribution is 6.16. The summed E-state index contributed by atoms with van der Waals surface area (Å²) in [7, 11) is 0. The number of carbonyl (C=O) groups is 2. The molecule has 2 aliphatic rings. The molecule has 6 heteroatoms. The molecule has 0 bridgehead atoms. The van der Waals surface area contributed by atoms with Gasteiger partial charge in [-0.15, -0.1) is 0 Å². The molecule has 1 aliphatic carbocycles. The number of aliphatic imine (C=N–C) groups is 1. The topological polar surface area (TPSA) is 90.2 Å². The van der Waals surface area contributed by atoms with Crippen LogP contribution in [0.5, 0.6) is 5.75 Å². The van der Waals surface area contributed by atoms with Crippen molar-refractivity contribution in [3.05, 3.63) is 119 Å². The zero-order chi connectivity index (χ0) is 25.5. The van der Waals surface area contributed by atoms with Crippen molar-refractivity contribution in [2.75, 3.05) is 4.90 Å². The van der Waals surface area contributed by atoms with E-state index in [-0.39, 0.29) is 17.2 Å². The van der Waals surface area contributed by atoms with Crippen LogP contribution >= 0.6 is 0 Å². The maximum Gasteiger partial charge on any atom is 0.335 e. The van der Waals surface area contributed by atoms with Crippen molar-refractivity contribution in [3.63, 3.8) is 0 Å². The standard InChI is InChI=1S/C31H22N2O4/c34-29-24(21-9-5-10-22(15-21)31(36)37)12-6-13-27(29)32-18-26-25-11-3-4-14-28(25)33(30(26)35)23-16-19-7-1-2-8-20(19)17-23/h1-16,18,26,34H,17H2,(H,36,37). The van der Waals surface area contributed by atoms with Gasteiger partial charge in [-0.05, 0) is 52.6 Å². The number of carboxylic acids is 1. The van der Waals surface area contributed by atoms with E-state index < -0.39 is 11.9 Å². The molecule has 1 heterocycles. The highest BCUT2D eigenvalue weighted by atomic mass is 16.4. The molecule has 4 aromatic carbocycles. The number of fused-ring (bicyclic) bond motifs is 2. The van der Waals surface area contributed by atoms with Crippen molar-refractivity contribution in [1.29, 1.82) is 0 Å². The minimum Gasteiger partial charge on any atom is -0.505 e. The molecule has 0 spiro atoms. The lowest BCUT2D eigenvalue weighted by atomic mass is 10.0. The average Bonchev–Trinajstić information content (AvgIpc) is 3.46. The summed E-state index contributed by atoms with van der Waals surface area (Å²) in [6, 6.07) is 27.3. The van der Waals surface area contributed by atoms with E-state index >= 15 is 0 Å². The lowest BCUT2D eigenvalue weighted by Crippen LogP contribution is -2.28. The number of benzene rings is 4. The van der Waals surface area contributed by atoms with Crippen LogP contribution in [0.2, 0.25) is 0 Å². The summed E-state index contributed by atoms with van der Waals surface area (Å²) in [6.45, 7) is 0. The summed E-state index contributed by atoms with van der Waals surface area (Å²) >= 11 is 0. The second-order valence-electron chi connectivity index (χ2n) is 9.06. The Hall–Kier alpha value is -4.97. The first-order valence-electron chi connectivity index (χ1n) is 11.9. The van der Waals surface area contributed by atoms with E-state index in [1.165, 1.54) is 17.7 Å². The highest BCUT2D eigenvalue weighted by Gasteiger charge is 2.38. The summed E-state index contributed by atoms with van der Waals surface area (Å²) in [4.78, 5) is 31.4. The predicted octanol–water partition coefficient (Wildman–Crippen LogP) is 6.19. The monoisotopic (exact) mass is 486 g/mol. The molecule has 0 saturated carbocycles. The van der Waals surface area contributed by atoms with Crippen LogP contribution in [0.1, 0.15) is 33.0 Å². The van der Waals surface area contributed by atoms with Crippen LogP contribution in [0.4, 0.5) is 11.4 Å². The fraction of sp³-hybridized carbons (Fsp3) is 0.0645. The number of carboxylic acid groups (broad SMARTS) is 1. The highest BCUT2D eigenvalue weighted by Crippen LogP contribution is 2.43. The van der Waals surface area contributed by atoms with Gasteiger partial charge in [-0.25, -0.2) is 4.79 Å². The maximum absolute atomic E-state index is 13.7. The van der Waals surface area contributed by atoms with Crippen LogP contribution in [-0.2, 0) is 11.2 Å². The number of allylic oxidation sites excluding steroid dienone is 1. The molecule has 0 saturated heterocycles. The van der Waals surface area contributed by atoms with E-state index in [0.29, 0.717) is 23.2 Å². The van der Waals surface area contributed by atoms with Gasteiger partial charge in [-0.3, -0.25) is 14.7 Å². The predicted molar refractivity (Wildman–Crippen MR) is 143 cm³/mol. The van der Waals surface area contributed by atoms with Gasteiger partial charge < -0.3 is 10.2 Å². The Balaban J connectivity index is 1.33. The number of rotatable bonds is 5. The van der Waals surface area contributed by atoms with Crippen molar-refractivity contribution in [2.45, 2.75) is 12.3 Å². The van der Waals surface area contributed by atoms with Crippen molar-refractivity contribution in [1.82, 2.24) is 0 Å². The number of amides is 1. The van der Waals surface area contributed by atoms with Gasteiger partial charge in [0.25, 0.3) is 0 Å². The lowest BCUT2D eigenvalue weighted by Gasteiger charge is -2.19. The number of hydrogen-bond donors (Lipinski definition) is 2. The van der Waals surface area contributed by atoms with Crippen LogP contribution in [0.15, 0.2) is 102 Å². The first-order chi connectivity index (χ1) is 18.0. The summed E-state index contributed by atoms with van der Waals surface area (Å²) in [6.07, 6.45) is 4.32. The molecule has 0 fully saturated rings. The first-order valence-corrected chi connectivity index (χ1v) is 11.9. The van der Waals surface area contributed by atoms with E-state index in [2.05, 4.69) is 23.2 Å². The summed E-state index contributed by atoms with van der Waals surface area (Å²) in [5.74, 6) is -1.81. The van der Waals surface area contributed by atoms with Crippen molar-refractivity contribution >= 4 is 35.5 Å². The van der Waals surface area contributed by atoms with Gasteiger partial charge in [0.05, 0.1) is 11.3 Å². The van der Waals surface area contributed by atoms with Crippen LogP contribution in [0, 0.1) is 0 Å². The molecule has 1 atom stereocenters. The number of para-hydroxylation sites is 2. The third-order valence-electron chi connectivity index (χ3n) is 6.83. The number of carbonyl (C=O) groups excluding carboxylic acids is 1. The smallest absolute Gasteiger partial charge is 0.335 e. The van der Waals surface area contributed by atoms with E-state index in [4.69, 9.17) is 0 Å². The van der Waals surface area contributed by atoms with Crippen molar-refractivity contribution in [2.24, 2.45) is 4.99 Å². The van der Waals surface area contributed by atoms with Crippen LogP contribution in [0.25, 0.3) is 17.2 Å². The number of hydrogen-bond acceptors (Lipinski definition) is 4. The fourth-order valence-electron chi connectivity index (χ4n) is 5.03. The number of anilines is 1. The van der Waals surface area contributed by atoms with Crippen molar-refractivity contribution in [3.8, 4) is 16.9 Å². The molecule has 4 aromatic rings. The summed E-state index contributed by atoms with van der Waals surface area (Å²) in [5.41, 5.74) is 6.39. The first kappa shape index (κ1) is 22.5. The van der Waals surface area contributed by atoms with Crippen LogP contribution < -0.4 is 4.90 Å². The molecule has 1 unspecified atom stereocenters. The molecule has 180 valence electrons. The number of aromatic hydroxyl groups is 1. The Labute approximate surface area is 213 Å². The van der Waals surface area contributed by atoms with Gasteiger partial charge in [0.1, 0.15) is 17.4 Å². The molecular formula is C31H22N2O4. The van der Waals surface area contributed by atoms with Crippen molar-refractivity contribution < 1.29 is 19.8 Å². The number of phenolic OH excluding ortho intramolecular Hbond substituents is 1. The molecule has 0 aromatic heterocycles. The Morgan fingerprint density at radius 1 is 0.946 bits per heavy atom. The third kappa shape index (κ3) is 3.89. The second-order valence-corrected chi connectivity index (χ2v) is 9.06. The molecule has 1 amide bonds. The Morgan fingerprint density at radius 2 is 1.73 bits per heavy atom. The van der Waals surface area contributed by atoms with Gasteiger partial charge in [0.2, 0.25) is 5.91 Å².